The van der Waals surface area contributed by atoms with Crippen molar-refractivity contribution in [3.63, 3.8) is 0 Å². The lowest BCUT2D eigenvalue weighted by atomic mass is 9.94. The predicted molar refractivity (Wildman–Crippen MR) is 128 cm³/mol. The minimum absolute atomic E-state index is 0.124. The number of furan rings is 1. The molecule has 3 aromatic heterocycles. The summed E-state index contributed by atoms with van der Waals surface area (Å²) in [5, 5.41) is 4.37. The molecule has 0 saturated carbocycles. The number of aromatic nitrogens is 4. The first kappa shape index (κ1) is 24.5. The van der Waals surface area contributed by atoms with Crippen molar-refractivity contribution in [1.29, 1.82) is 0 Å². The van der Waals surface area contributed by atoms with E-state index >= 15 is 0 Å². The number of alkyl halides is 4. The van der Waals surface area contributed by atoms with Crippen LogP contribution in [0.4, 0.5) is 17.6 Å². The number of para-hydroxylation sites is 1. The third-order valence-corrected chi connectivity index (χ3v) is 6.01. The van der Waals surface area contributed by atoms with Gasteiger partial charge in [0.25, 0.3) is 11.8 Å². The largest absolute Gasteiger partial charge is 0.496 e. The predicted octanol–water partition coefficient (Wildman–Crippen LogP) is 6.45. The van der Waals surface area contributed by atoms with E-state index in [1.165, 1.54) is 12.3 Å². The van der Waals surface area contributed by atoms with Crippen LogP contribution < -0.4 is 9.42 Å². The molecule has 0 aliphatic heterocycles. The number of fused-ring (bicyclic) bond motifs is 1. The van der Waals surface area contributed by atoms with Gasteiger partial charge in [0.05, 0.1) is 18.9 Å². The summed E-state index contributed by atoms with van der Waals surface area (Å²) >= 11 is 0. The Morgan fingerprint density at radius 1 is 1.00 bits per heavy atom. The number of rotatable bonds is 7. The molecule has 2 aromatic carbocycles. The van der Waals surface area contributed by atoms with Crippen LogP contribution in [0.15, 0.2) is 71.6 Å². The number of H-pyrrole nitrogens is 1. The van der Waals surface area contributed by atoms with Crippen molar-refractivity contribution < 1.29 is 31.4 Å². The van der Waals surface area contributed by atoms with E-state index in [2.05, 4.69) is 15.1 Å². The molecule has 37 heavy (non-hydrogen) atoms. The summed E-state index contributed by atoms with van der Waals surface area (Å²) in [6.45, 7) is 1.57. The SMILES string of the molecule is COc1ccccc1-c1nc2cn[n+](Cc3cc(-c4ccc(C(C)(F)F)cc4C(C)(F)F)co3)cc2[nH]1. The number of imidazole rings is 1. The van der Waals surface area contributed by atoms with Crippen LogP contribution in [0.25, 0.3) is 33.5 Å². The zero-order valence-electron chi connectivity index (χ0n) is 20.2. The second kappa shape index (κ2) is 9.02. The molecular formula is C27H23F4N4O2+. The standard InChI is InChI=1S/C27H22F4N4O2/c1-26(28,29)17-8-9-19(21(11-17)27(2,30)31)16-10-18(37-15-16)13-35-14-23-22(12-32-35)33-25(34-23)20-6-4-5-7-24(20)36-3/h4-12,14-15H,13H2,1-3H3/p+1. The number of nitrogens with zero attached hydrogens (tertiary/aromatic N) is 3. The number of benzene rings is 2. The summed E-state index contributed by atoms with van der Waals surface area (Å²) in [4.78, 5) is 7.84. The van der Waals surface area contributed by atoms with Crippen molar-refractivity contribution in [3.05, 3.63) is 84.1 Å². The molecule has 3 heterocycles. The zero-order chi connectivity index (χ0) is 26.4. The minimum Gasteiger partial charge on any atom is -0.496 e. The van der Waals surface area contributed by atoms with Gasteiger partial charge in [-0.3, -0.25) is 0 Å². The maximum absolute atomic E-state index is 14.3. The highest BCUT2D eigenvalue weighted by Crippen LogP contribution is 2.40. The fraction of sp³-hybridized carbons (Fsp3) is 0.222. The Labute approximate surface area is 209 Å². The first-order valence-electron chi connectivity index (χ1n) is 11.4. The van der Waals surface area contributed by atoms with Crippen LogP contribution in [0.3, 0.4) is 0 Å². The molecule has 0 atom stereocenters. The van der Waals surface area contributed by atoms with Crippen LogP contribution in [0.2, 0.25) is 0 Å². The van der Waals surface area contributed by atoms with E-state index in [0.717, 1.165) is 23.2 Å². The van der Waals surface area contributed by atoms with Crippen LogP contribution in [0.5, 0.6) is 5.75 Å². The van der Waals surface area contributed by atoms with Crippen LogP contribution in [-0.2, 0) is 18.4 Å². The third kappa shape index (κ3) is 4.91. The van der Waals surface area contributed by atoms with E-state index in [9.17, 15) is 17.6 Å². The summed E-state index contributed by atoms with van der Waals surface area (Å²) in [5.74, 6) is -4.81. The van der Waals surface area contributed by atoms with Gasteiger partial charge in [0.1, 0.15) is 28.8 Å². The molecule has 0 bridgehead atoms. The number of hydrogen-bond donors (Lipinski definition) is 1. The lowest BCUT2D eigenvalue weighted by Crippen LogP contribution is -2.37. The number of halogens is 4. The monoisotopic (exact) mass is 511 g/mol. The van der Waals surface area contributed by atoms with Gasteiger partial charge in [-0.1, -0.05) is 28.9 Å². The molecular weight excluding hydrogens is 488 g/mol. The number of nitrogens with one attached hydrogen (secondary N) is 1. The second-order valence-electron chi connectivity index (χ2n) is 8.89. The lowest BCUT2D eigenvalue weighted by molar-refractivity contribution is -0.746. The Balaban J connectivity index is 1.43. The molecule has 5 aromatic rings. The van der Waals surface area contributed by atoms with E-state index < -0.39 is 23.0 Å². The molecule has 0 aliphatic carbocycles. The normalized spacial score (nSPS) is 12.3. The van der Waals surface area contributed by atoms with Gasteiger partial charge >= 0.3 is 0 Å². The van der Waals surface area contributed by atoms with E-state index in [-0.39, 0.29) is 12.1 Å². The Kier molecular flexibility index (Phi) is 5.97. The Morgan fingerprint density at radius 2 is 1.78 bits per heavy atom. The average Bonchev–Trinajstić information content (AvgIpc) is 3.49. The Hall–Kier alpha value is -4.21. The third-order valence-electron chi connectivity index (χ3n) is 6.01. The highest BCUT2D eigenvalue weighted by atomic mass is 19.3. The summed E-state index contributed by atoms with van der Waals surface area (Å²) in [5.41, 5.74) is 1.70. The summed E-state index contributed by atoms with van der Waals surface area (Å²) in [6.07, 6.45) is 4.69. The highest BCUT2D eigenvalue weighted by Gasteiger charge is 2.33. The molecule has 10 heteroatoms. The maximum Gasteiger partial charge on any atom is 0.271 e. The molecule has 0 fully saturated rings. The molecule has 190 valence electrons. The number of hydrogen-bond acceptors (Lipinski definition) is 4. The zero-order valence-corrected chi connectivity index (χ0v) is 20.2. The van der Waals surface area contributed by atoms with E-state index in [1.54, 1.807) is 30.3 Å². The van der Waals surface area contributed by atoms with Gasteiger partial charge in [0.2, 0.25) is 12.7 Å². The summed E-state index contributed by atoms with van der Waals surface area (Å²) in [6, 6.07) is 12.4. The van der Waals surface area contributed by atoms with Crippen molar-refractivity contribution in [2.24, 2.45) is 0 Å². The smallest absolute Gasteiger partial charge is 0.271 e. The minimum atomic E-state index is -3.32. The number of aromatic amines is 1. The average molecular weight is 511 g/mol. The molecule has 0 saturated heterocycles. The molecule has 0 amide bonds. The highest BCUT2D eigenvalue weighted by molar-refractivity contribution is 5.78. The van der Waals surface area contributed by atoms with Crippen LogP contribution >= 0.6 is 0 Å². The van der Waals surface area contributed by atoms with Crippen LogP contribution in [0, 0.1) is 0 Å². The molecule has 1 N–H and O–H groups in total. The van der Waals surface area contributed by atoms with Gasteiger partial charge in [-0.25, -0.2) is 22.5 Å². The van der Waals surface area contributed by atoms with Crippen molar-refractivity contribution >= 4 is 11.0 Å². The van der Waals surface area contributed by atoms with Crippen molar-refractivity contribution in [2.45, 2.75) is 32.2 Å². The van der Waals surface area contributed by atoms with Crippen molar-refractivity contribution in [2.75, 3.05) is 7.11 Å². The van der Waals surface area contributed by atoms with Gasteiger partial charge in [0, 0.05) is 30.5 Å². The topological polar surface area (TPSA) is 67.8 Å². The fourth-order valence-electron chi connectivity index (χ4n) is 4.16. The van der Waals surface area contributed by atoms with Gasteiger partial charge in [-0.2, -0.15) is 0 Å². The van der Waals surface area contributed by atoms with Crippen LogP contribution in [-0.4, -0.2) is 22.2 Å². The van der Waals surface area contributed by atoms with Gasteiger partial charge in [0.15, 0.2) is 5.76 Å². The van der Waals surface area contributed by atoms with Gasteiger partial charge in [-0.15, -0.1) is 0 Å². The molecule has 0 radical (unpaired) electrons. The molecule has 0 spiro atoms. The number of ether oxygens (including phenoxy) is 1. The molecule has 0 aliphatic rings. The summed E-state index contributed by atoms with van der Waals surface area (Å²) < 4.78 is 68.8. The molecule has 6 nitrogen and oxygen atoms in total. The van der Waals surface area contributed by atoms with Crippen molar-refractivity contribution in [3.8, 4) is 28.3 Å². The first-order valence-corrected chi connectivity index (χ1v) is 11.4. The molecule has 0 unspecified atom stereocenters. The lowest BCUT2D eigenvalue weighted by Gasteiger charge is -2.19. The fourth-order valence-corrected chi connectivity index (χ4v) is 4.16. The van der Waals surface area contributed by atoms with Crippen LogP contribution in [0.1, 0.15) is 30.7 Å². The second-order valence-corrected chi connectivity index (χ2v) is 8.89. The summed E-state index contributed by atoms with van der Waals surface area (Å²) in [7, 11) is 1.59. The maximum atomic E-state index is 14.3. The van der Waals surface area contributed by atoms with Gasteiger partial charge < -0.3 is 14.1 Å². The first-order chi connectivity index (χ1) is 17.5. The van der Waals surface area contributed by atoms with Crippen molar-refractivity contribution in [1.82, 2.24) is 15.1 Å². The van der Waals surface area contributed by atoms with E-state index in [1.807, 2.05) is 24.3 Å². The Morgan fingerprint density at radius 3 is 2.51 bits per heavy atom. The van der Waals surface area contributed by atoms with E-state index in [4.69, 9.17) is 9.15 Å². The Bertz CT molecular complexity index is 1580. The van der Waals surface area contributed by atoms with Gasteiger partial charge in [-0.05, 0) is 34.9 Å². The number of methoxy groups -OCH3 is 1. The quantitative estimate of drug-likeness (QED) is 0.201. The molecule has 5 rings (SSSR count). The van der Waals surface area contributed by atoms with E-state index in [0.29, 0.717) is 42.3 Å².